The fraction of sp³-hybridized carbons (Fsp3) is 0.304. The van der Waals surface area contributed by atoms with Gasteiger partial charge < -0.3 is 10.2 Å². The normalized spacial score (nSPS) is 16.1. The van der Waals surface area contributed by atoms with E-state index < -0.39 is 0 Å². The van der Waals surface area contributed by atoms with Crippen molar-refractivity contribution in [1.29, 1.82) is 0 Å². The van der Waals surface area contributed by atoms with Crippen LogP contribution in [0.4, 0.5) is 10.8 Å². The molecule has 30 heavy (non-hydrogen) atoms. The maximum atomic E-state index is 12.7. The average Bonchev–Trinajstić information content (AvgIpc) is 3.39. The molecule has 154 valence electrons. The van der Waals surface area contributed by atoms with E-state index in [9.17, 15) is 9.59 Å². The van der Waals surface area contributed by atoms with Crippen LogP contribution in [-0.4, -0.2) is 28.6 Å². The molecule has 2 heterocycles. The van der Waals surface area contributed by atoms with E-state index in [0.717, 1.165) is 30.0 Å². The van der Waals surface area contributed by atoms with Crippen LogP contribution in [0.15, 0.2) is 54.6 Å². The first-order chi connectivity index (χ1) is 14.6. The molecule has 1 aliphatic rings. The van der Waals surface area contributed by atoms with Gasteiger partial charge in [-0.2, -0.15) is 0 Å². The molecule has 1 saturated heterocycles. The van der Waals surface area contributed by atoms with Crippen LogP contribution in [0.2, 0.25) is 0 Å². The van der Waals surface area contributed by atoms with Gasteiger partial charge in [0.05, 0.1) is 5.92 Å². The van der Waals surface area contributed by atoms with Gasteiger partial charge in [0.25, 0.3) is 0 Å². The van der Waals surface area contributed by atoms with Crippen LogP contribution in [0.1, 0.15) is 29.5 Å². The summed E-state index contributed by atoms with van der Waals surface area (Å²) in [6.45, 7) is 2.48. The third-order valence-electron chi connectivity index (χ3n) is 5.32. The molecule has 2 aromatic carbocycles. The van der Waals surface area contributed by atoms with Crippen LogP contribution in [0.25, 0.3) is 0 Å². The number of rotatable bonds is 7. The van der Waals surface area contributed by atoms with Gasteiger partial charge in [0, 0.05) is 25.1 Å². The molecule has 0 saturated carbocycles. The Labute approximate surface area is 180 Å². The summed E-state index contributed by atoms with van der Waals surface area (Å²) in [6.07, 6.45) is 2.82. The molecule has 3 aromatic rings. The number of aromatic nitrogens is 2. The molecule has 6 nitrogen and oxygen atoms in total. The van der Waals surface area contributed by atoms with E-state index in [2.05, 4.69) is 34.6 Å². The predicted octanol–water partition coefficient (Wildman–Crippen LogP) is 3.88. The van der Waals surface area contributed by atoms with Gasteiger partial charge in [-0.1, -0.05) is 60.7 Å². The Bertz CT molecular complexity index is 1020. The number of aryl methyl sites for hydroxylation is 3. The largest absolute Gasteiger partial charge is 0.312 e. The summed E-state index contributed by atoms with van der Waals surface area (Å²) in [5, 5.41) is 12.5. The van der Waals surface area contributed by atoms with Crippen molar-refractivity contribution in [3.8, 4) is 0 Å². The molecule has 1 aliphatic heterocycles. The molecule has 0 aliphatic carbocycles. The first-order valence-corrected chi connectivity index (χ1v) is 11.0. The minimum Gasteiger partial charge on any atom is -0.312 e. The highest BCUT2D eigenvalue weighted by Gasteiger charge is 2.35. The first kappa shape index (κ1) is 20.2. The third-order valence-corrected chi connectivity index (χ3v) is 6.22. The highest BCUT2D eigenvalue weighted by Crippen LogP contribution is 2.27. The topological polar surface area (TPSA) is 75.2 Å². The van der Waals surface area contributed by atoms with E-state index in [1.807, 2.05) is 42.5 Å². The van der Waals surface area contributed by atoms with Crippen molar-refractivity contribution in [2.75, 3.05) is 16.8 Å². The van der Waals surface area contributed by atoms with E-state index in [-0.39, 0.29) is 24.2 Å². The van der Waals surface area contributed by atoms with Crippen LogP contribution < -0.4 is 10.2 Å². The Morgan fingerprint density at radius 3 is 2.57 bits per heavy atom. The van der Waals surface area contributed by atoms with Crippen molar-refractivity contribution >= 4 is 34.0 Å². The zero-order valence-corrected chi connectivity index (χ0v) is 17.7. The molecule has 1 aromatic heterocycles. The first-order valence-electron chi connectivity index (χ1n) is 10.2. The summed E-state index contributed by atoms with van der Waals surface area (Å²) in [4.78, 5) is 26.8. The van der Waals surface area contributed by atoms with Gasteiger partial charge in [-0.25, -0.2) is 0 Å². The fourth-order valence-corrected chi connectivity index (χ4v) is 4.30. The standard InChI is InChI=1S/C23H24N4O2S/c1-2-16-8-11-19(12-9-16)27-15-18(14-21(27)28)22(29)24-23-26-25-20(30-23)13-10-17-6-4-3-5-7-17/h3-9,11-12,18H,2,10,13-15H2,1H3,(H,24,26,29)/t18-/m0/s1. The molecular weight excluding hydrogens is 396 g/mol. The molecule has 0 spiro atoms. The number of hydrogen-bond acceptors (Lipinski definition) is 5. The van der Waals surface area contributed by atoms with E-state index in [1.54, 1.807) is 4.90 Å². The summed E-state index contributed by atoms with van der Waals surface area (Å²) in [5.74, 6) is -0.595. The van der Waals surface area contributed by atoms with Crippen molar-refractivity contribution in [1.82, 2.24) is 10.2 Å². The lowest BCUT2D eigenvalue weighted by Gasteiger charge is -2.17. The molecule has 7 heteroatoms. The number of carbonyl (C=O) groups excluding carboxylic acids is 2. The number of carbonyl (C=O) groups is 2. The van der Waals surface area contributed by atoms with Gasteiger partial charge in [0.15, 0.2) is 0 Å². The van der Waals surface area contributed by atoms with Gasteiger partial charge in [-0.05, 0) is 36.1 Å². The molecule has 1 N–H and O–H groups in total. The second-order valence-electron chi connectivity index (χ2n) is 7.40. The molecule has 2 amide bonds. The van der Waals surface area contributed by atoms with E-state index in [0.29, 0.717) is 11.7 Å². The Hall–Kier alpha value is -3.06. The predicted molar refractivity (Wildman–Crippen MR) is 119 cm³/mol. The molecule has 4 rings (SSSR count). The molecule has 0 radical (unpaired) electrons. The Morgan fingerprint density at radius 1 is 1.07 bits per heavy atom. The maximum Gasteiger partial charge on any atom is 0.231 e. The summed E-state index contributed by atoms with van der Waals surface area (Å²) in [6, 6.07) is 18.1. The minimum atomic E-state index is -0.389. The molecular formula is C23H24N4O2S. The number of benzene rings is 2. The quantitative estimate of drug-likeness (QED) is 0.629. The van der Waals surface area contributed by atoms with Gasteiger partial charge >= 0.3 is 0 Å². The number of hydrogen-bond donors (Lipinski definition) is 1. The summed E-state index contributed by atoms with van der Waals surface area (Å²) in [5.41, 5.74) is 3.31. The Kier molecular flexibility index (Phi) is 6.18. The number of anilines is 2. The molecule has 1 atom stereocenters. The van der Waals surface area contributed by atoms with Crippen LogP contribution in [0, 0.1) is 5.92 Å². The lowest BCUT2D eigenvalue weighted by Crippen LogP contribution is -2.28. The van der Waals surface area contributed by atoms with E-state index in [1.165, 1.54) is 22.5 Å². The van der Waals surface area contributed by atoms with Crippen molar-refractivity contribution in [2.24, 2.45) is 5.92 Å². The van der Waals surface area contributed by atoms with Gasteiger partial charge in [0.1, 0.15) is 5.01 Å². The highest BCUT2D eigenvalue weighted by atomic mass is 32.1. The third kappa shape index (κ3) is 4.74. The summed E-state index contributed by atoms with van der Waals surface area (Å²) in [7, 11) is 0. The van der Waals surface area contributed by atoms with Gasteiger partial charge in [-0.3, -0.25) is 9.59 Å². The SMILES string of the molecule is CCc1ccc(N2C[C@@H](C(=O)Nc3nnc(CCc4ccccc4)s3)CC2=O)cc1. The van der Waals surface area contributed by atoms with Crippen molar-refractivity contribution < 1.29 is 9.59 Å². The number of nitrogens with one attached hydrogen (secondary N) is 1. The second-order valence-corrected chi connectivity index (χ2v) is 8.46. The van der Waals surface area contributed by atoms with Crippen molar-refractivity contribution in [3.05, 3.63) is 70.7 Å². The van der Waals surface area contributed by atoms with E-state index >= 15 is 0 Å². The second kappa shape index (κ2) is 9.17. The van der Waals surface area contributed by atoms with Crippen LogP contribution in [0.5, 0.6) is 0 Å². The minimum absolute atomic E-state index is 0.0276. The summed E-state index contributed by atoms with van der Waals surface area (Å²) < 4.78 is 0. The van der Waals surface area contributed by atoms with Crippen LogP contribution in [-0.2, 0) is 28.9 Å². The average molecular weight is 421 g/mol. The van der Waals surface area contributed by atoms with E-state index in [4.69, 9.17) is 0 Å². The fourth-order valence-electron chi connectivity index (χ4n) is 3.55. The van der Waals surface area contributed by atoms with Crippen molar-refractivity contribution in [3.63, 3.8) is 0 Å². The smallest absolute Gasteiger partial charge is 0.231 e. The Morgan fingerprint density at radius 2 is 1.83 bits per heavy atom. The van der Waals surface area contributed by atoms with Gasteiger partial charge in [0.2, 0.25) is 16.9 Å². The highest BCUT2D eigenvalue weighted by molar-refractivity contribution is 7.15. The Balaban J connectivity index is 1.33. The zero-order chi connectivity index (χ0) is 20.9. The monoisotopic (exact) mass is 420 g/mol. The van der Waals surface area contributed by atoms with Crippen molar-refractivity contribution in [2.45, 2.75) is 32.6 Å². The molecule has 1 fully saturated rings. The molecule has 0 unspecified atom stereocenters. The van der Waals surface area contributed by atoms with Crippen LogP contribution >= 0.6 is 11.3 Å². The van der Waals surface area contributed by atoms with Crippen LogP contribution in [0.3, 0.4) is 0 Å². The van der Waals surface area contributed by atoms with Gasteiger partial charge in [-0.15, -0.1) is 10.2 Å². The lowest BCUT2D eigenvalue weighted by molar-refractivity contribution is -0.122. The number of amides is 2. The maximum absolute atomic E-state index is 12.7. The summed E-state index contributed by atoms with van der Waals surface area (Å²) >= 11 is 1.39. The number of nitrogens with zero attached hydrogens (tertiary/aromatic N) is 3. The lowest BCUT2D eigenvalue weighted by atomic mass is 10.1. The zero-order valence-electron chi connectivity index (χ0n) is 16.9. The molecule has 0 bridgehead atoms.